The van der Waals surface area contributed by atoms with Crippen molar-refractivity contribution in [1.29, 1.82) is 0 Å². The van der Waals surface area contributed by atoms with E-state index in [9.17, 15) is 14.7 Å². The quantitative estimate of drug-likeness (QED) is 0.550. The van der Waals surface area contributed by atoms with Crippen molar-refractivity contribution in [3.63, 3.8) is 0 Å². The van der Waals surface area contributed by atoms with Gasteiger partial charge in [0.25, 0.3) is 5.91 Å². The lowest BCUT2D eigenvalue weighted by Gasteiger charge is -2.28. The first-order valence-electron chi connectivity index (χ1n) is 9.97. The summed E-state index contributed by atoms with van der Waals surface area (Å²) in [5.41, 5.74) is 0. The van der Waals surface area contributed by atoms with E-state index in [0.29, 0.717) is 18.9 Å². The first kappa shape index (κ1) is 22.8. The SMILES string of the molecule is CO[C@H](C(=O)N[C@H]1CCCCNC1=O)[C@H](O)[C@H]1OC(C)(C)O[C@@H]1/C=C/C(C)C. The minimum absolute atomic E-state index is 0.213. The number of carbonyl (C=O) groups is 2. The average molecular weight is 399 g/mol. The molecule has 3 N–H and O–H groups in total. The van der Waals surface area contributed by atoms with Crippen LogP contribution in [0.3, 0.4) is 0 Å². The summed E-state index contributed by atoms with van der Waals surface area (Å²) in [6, 6.07) is -0.631. The molecule has 2 amide bonds. The summed E-state index contributed by atoms with van der Waals surface area (Å²) in [6.07, 6.45) is 2.34. The largest absolute Gasteiger partial charge is 0.387 e. The third-order valence-electron chi connectivity index (χ3n) is 4.86. The van der Waals surface area contributed by atoms with E-state index >= 15 is 0 Å². The molecule has 0 saturated carbocycles. The highest BCUT2D eigenvalue weighted by Crippen LogP contribution is 2.32. The second kappa shape index (κ2) is 9.82. The number of methoxy groups -OCH3 is 1. The molecule has 0 spiro atoms. The van der Waals surface area contributed by atoms with E-state index in [4.69, 9.17) is 14.2 Å². The molecule has 8 heteroatoms. The Labute approximate surface area is 167 Å². The predicted octanol–water partition coefficient (Wildman–Crippen LogP) is 0.880. The van der Waals surface area contributed by atoms with Crippen LogP contribution in [-0.4, -0.2) is 66.8 Å². The number of carbonyl (C=O) groups excluding carboxylic acids is 2. The first-order chi connectivity index (χ1) is 13.1. The van der Waals surface area contributed by atoms with Crippen LogP contribution in [0.15, 0.2) is 12.2 Å². The van der Waals surface area contributed by atoms with Crippen LogP contribution >= 0.6 is 0 Å². The molecule has 160 valence electrons. The van der Waals surface area contributed by atoms with Crippen molar-refractivity contribution in [2.75, 3.05) is 13.7 Å². The van der Waals surface area contributed by atoms with Gasteiger partial charge in [-0.15, -0.1) is 0 Å². The van der Waals surface area contributed by atoms with E-state index in [1.165, 1.54) is 7.11 Å². The molecular formula is C20H34N2O6. The fourth-order valence-corrected chi connectivity index (χ4v) is 3.47. The number of ether oxygens (including phenoxy) is 3. The zero-order valence-corrected chi connectivity index (χ0v) is 17.4. The molecule has 2 aliphatic rings. The number of aliphatic hydroxyl groups is 1. The standard InChI is InChI=1S/C20H34N2O6/c1-12(2)9-10-14-16(28-20(3,4)27-14)15(23)17(26-5)19(25)22-13-8-6-7-11-21-18(13)24/h9-10,12-17,23H,6-8,11H2,1-5H3,(H,21,24)(H,22,25)/b10-9+/t13-,14+,15+,16-,17-/m0/s1. The zero-order chi connectivity index (χ0) is 20.9. The highest BCUT2D eigenvalue weighted by Gasteiger charge is 2.47. The molecule has 2 rings (SSSR count). The van der Waals surface area contributed by atoms with Crippen molar-refractivity contribution in [3.05, 3.63) is 12.2 Å². The maximum Gasteiger partial charge on any atom is 0.252 e. The highest BCUT2D eigenvalue weighted by molar-refractivity contribution is 5.89. The molecule has 28 heavy (non-hydrogen) atoms. The Morgan fingerprint density at radius 2 is 2.07 bits per heavy atom. The Morgan fingerprint density at radius 3 is 2.71 bits per heavy atom. The molecular weight excluding hydrogens is 364 g/mol. The Balaban J connectivity index is 2.10. The molecule has 0 aliphatic carbocycles. The number of hydrogen-bond donors (Lipinski definition) is 3. The number of amides is 2. The van der Waals surface area contributed by atoms with Gasteiger partial charge in [0.2, 0.25) is 5.91 Å². The zero-order valence-electron chi connectivity index (χ0n) is 17.4. The van der Waals surface area contributed by atoms with E-state index < -0.39 is 42.2 Å². The molecule has 2 aliphatic heterocycles. The topological polar surface area (TPSA) is 106 Å². The third-order valence-corrected chi connectivity index (χ3v) is 4.86. The van der Waals surface area contributed by atoms with Gasteiger partial charge in [-0.3, -0.25) is 9.59 Å². The van der Waals surface area contributed by atoms with E-state index in [1.54, 1.807) is 13.8 Å². The average Bonchev–Trinajstić information content (AvgIpc) is 2.79. The van der Waals surface area contributed by atoms with Crippen molar-refractivity contribution in [2.24, 2.45) is 5.92 Å². The van der Waals surface area contributed by atoms with Gasteiger partial charge in [-0.2, -0.15) is 0 Å². The number of aliphatic hydroxyl groups excluding tert-OH is 1. The molecule has 0 aromatic carbocycles. The van der Waals surface area contributed by atoms with Crippen LogP contribution in [-0.2, 0) is 23.8 Å². The predicted molar refractivity (Wildman–Crippen MR) is 103 cm³/mol. The molecule has 0 aromatic rings. The van der Waals surface area contributed by atoms with Gasteiger partial charge >= 0.3 is 0 Å². The van der Waals surface area contributed by atoms with Gasteiger partial charge in [0, 0.05) is 13.7 Å². The smallest absolute Gasteiger partial charge is 0.252 e. The second-order valence-electron chi connectivity index (χ2n) is 8.19. The molecule has 0 bridgehead atoms. The van der Waals surface area contributed by atoms with Crippen LogP contribution in [0.5, 0.6) is 0 Å². The number of allylic oxidation sites excluding steroid dienone is 1. The van der Waals surface area contributed by atoms with Gasteiger partial charge in [-0.25, -0.2) is 0 Å². The summed E-state index contributed by atoms with van der Waals surface area (Å²) in [4.78, 5) is 24.8. The fraction of sp³-hybridized carbons (Fsp3) is 0.800. The van der Waals surface area contributed by atoms with Crippen LogP contribution in [0.4, 0.5) is 0 Å². The summed E-state index contributed by atoms with van der Waals surface area (Å²) in [5, 5.41) is 16.3. The Kier molecular flexibility index (Phi) is 8.00. The first-order valence-corrected chi connectivity index (χ1v) is 9.97. The molecule has 0 unspecified atom stereocenters. The minimum atomic E-state index is -1.26. The van der Waals surface area contributed by atoms with Crippen LogP contribution in [0.2, 0.25) is 0 Å². The van der Waals surface area contributed by atoms with Gasteiger partial charge < -0.3 is 30.0 Å². The Hall–Kier alpha value is -1.48. The van der Waals surface area contributed by atoms with Crippen LogP contribution in [0.25, 0.3) is 0 Å². The summed E-state index contributed by atoms with van der Waals surface area (Å²) in [6.45, 7) is 8.19. The third kappa shape index (κ3) is 6.01. The van der Waals surface area contributed by atoms with E-state index in [-0.39, 0.29) is 5.91 Å². The number of nitrogens with one attached hydrogen (secondary N) is 2. The lowest BCUT2D eigenvalue weighted by Crippen LogP contribution is -2.55. The van der Waals surface area contributed by atoms with Crippen molar-refractivity contribution in [2.45, 2.75) is 83.2 Å². The lowest BCUT2D eigenvalue weighted by atomic mass is 10.0. The Morgan fingerprint density at radius 1 is 1.36 bits per heavy atom. The van der Waals surface area contributed by atoms with Gasteiger partial charge in [-0.1, -0.05) is 26.0 Å². The molecule has 0 radical (unpaired) electrons. The normalized spacial score (nSPS) is 30.1. The molecule has 0 aromatic heterocycles. The number of hydrogen-bond acceptors (Lipinski definition) is 6. The van der Waals surface area contributed by atoms with Crippen molar-refractivity contribution in [3.8, 4) is 0 Å². The minimum Gasteiger partial charge on any atom is -0.387 e. The van der Waals surface area contributed by atoms with Crippen molar-refractivity contribution in [1.82, 2.24) is 10.6 Å². The monoisotopic (exact) mass is 398 g/mol. The van der Waals surface area contributed by atoms with Gasteiger partial charge in [0.05, 0.1) is 0 Å². The van der Waals surface area contributed by atoms with Crippen LogP contribution in [0.1, 0.15) is 47.0 Å². The van der Waals surface area contributed by atoms with Crippen molar-refractivity contribution >= 4 is 11.8 Å². The summed E-state index contributed by atoms with van der Waals surface area (Å²) in [7, 11) is 1.35. The van der Waals surface area contributed by atoms with Crippen molar-refractivity contribution < 1.29 is 28.9 Å². The lowest BCUT2D eigenvalue weighted by molar-refractivity contribution is -0.169. The highest BCUT2D eigenvalue weighted by atomic mass is 16.8. The molecule has 5 atom stereocenters. The van der Waals surface area contributed by atoms with Gasteiger partial charge in [-0.05, 0) is 39.0 Å². The maximum atomic E-state index is 12.7. The van der Waals surface area contributed by atoms with Crippen LogP contribution in [0, 0.1) is 5.92 Å². The van der Waals surface area contributed by atoms with E-state index in [1.807, 2.05) is 26.0 Å². The number of rotatable bonds is 7. The molecule has 2 saturated heterocycles. The Bertz CT molecular complexity index is 577. The second-order valence-corrected chi connectivity index (χ2v) is 8.19. The van der Waals surface area contributed by atoms with Gasteiger partial charge in [0.1, 0.15) is 24.4 Å². The van der Waals surface area contributed by atoms with Crippen LogP contribution < -0.4 is 10.6 Å². The fourth-order valence-electron chi connectivity index (χ4n) is 3.47. The summed E-state index contributed by atoms with van der Waals surface area (Å²) in [5.74, 6) is -1.35. The van der Waals surface area contributed by atoms with E-state index in [2.05, 4.69) is 10.6 Å². The maximum absolute atomic E-state index is 12.7. The molecule has 2 fully saturated rings. The van der Waals surface area contributed by atoms with Gasteiger partial charge in [0.15, 0.2) is 11.9 Å². The summed E-state index contributed by atoms with van der Waals surface area (Å²) >= 11 is 0. The summed E-state index contributed by atoms with van der Waals surface area (Å²) < 4.78 is 17.0. The van der Waals surface area contributed by atoms with E-state index in [0.717, 1.165) is 12.8 Å². The molecule has 2 heterocycles. The molecule has 8 nitrogen and oxygen atoms in total.